The van der Waals surface area contributed by atoms with Gasteiger partial charge < -0.3 is 15.3 Å². The largest absolute Gasteiger partial charge is 0.396 e. The second-order valence-electron chi connectivity index (χ2n) is 6.20. The van der Waals surface area contributed by atoms with Crippen molar-refractivity contribution < 1.29 is 9.90 Å². The third kappa shape index (κ3) is 3.94. The van der Waals surface area contributed by atoms with Crippen LogP contribution in [-0.2, 0) is 0 Å². The molecule has 5 heteroatoms. The van der Waals surface area contributed by atoms with Gasteiger partial charge in [-0.1, -0.05) is 19.3 Å². The van der Waals surface area contributed by atoms with E-state index in [9.17, 15) is 9.90 Å². The molecule has 2 N–H and O–H groups in total. The topological polar surface area (TPSA) is 65.5 Å². The van der Waals surface area contributed by atoms with Crippen molar-refractivity contribution in [1.29, 1.82) is 0 Å². The standard InChI is InChI=1S/C16H25N3O2/c1-19(2)14-7-6-13(10-17-14)15(21)18-11-16(12-20)8-4-3-5-9-16/h6-7,10,20H,3-5,8-9,11-12H2,1-2H3,(H,18,21). The third-order valence-corrected chi connectivity index (χ3v) is 4.34. The predicted molar refractivity (Wildman–Crippen MR) is 83.5 cm³/mol. The molecule has 1 aliphatic rings. The van der Waals surface area contributed by atoms with Crippen LogP contribution in [-0.4, -0.2) is 43.2 Å². The Morgan fingerprint density at radius 1 is 1.33 bits per heavy atom. The summed E-state index contributed by atoms with van der Waals surface area (Å²) in [6, 6.07) is 3.61. The molecule has 0 saturated heterocycles. The van der Waals surface area contributed by atoms with Crippen molar-refractivity contribution in [2.75, 3.05) is 32.1 Å². The minimum atomic E-state index is -0.134. The van der Waals surface area contributed by atoms with Gasteiger partial charge >= 0.3 is 0 Å². The highest BCUT2D eigenvalue weighted by molar-refractivity contribution is 5.94. The number of aromatic nitrogens is 1. The summed E-state index contributed by atoms with van der Waals surface area (Å²) < 4.78 is 0. The van der Waals surface area contributed by atoms with Crippen molar-refractivity contribution in [3.05, 3.63) is 23.9 Å². The zero-order valence-corrected chi connectivity index (χ0v) is 12.9. The van der Waals surface area contributed by atoms with Crippen molar-refractivity contribution in [3.8, 4) is 0 Å². The van der Waals surface area contributed by atoms with E-state index >= 15 is 0 Å². The van der Waals surface area contributed by atoms with Crippen molar-refractivity contribution in [2.45, 2.75) is 32.1 Å². The van der Waals surface area contributed by atoms with Gasteiger partial charge in [0.05, 0.1) is 12.2 Å². The van der Waals surface area contributed by atoms with Crippen LogP contribution in [0.15, 0.2) is 18.3 Å². The van der Waals surface area contributed by atoms with Crippen molar-refractivity contribution in [2.24, 2.45) is 5.41 Å². The van der Waals surface area contributed by atoms with Crippen molar-refractivity contribution >= 4 is 11.7 Å². The van der Waals surface area contributed by atoms with Gasteiger partial charge in [0, 0.05) is 32.3 Å². The van der Waals surface area contributed by atoms with E-state index in [1.807, 2.05) is 25.1 Å². The van der Waals surface area contributed by atoms with Crippen LogP contribution >= 0.6 is 0 Å². The smallest absolute Gasteiger partial charge is 0.252 e. The molecule has 1 heterocycles. The van der Waals surface area contributed by atoms with E-state index in [1.165, 1.54) is 6.42 Å². The first-order valence-electron chi connectivity index (χ1n) is 7.59. The Kier molecular flexibility index (Phi) is 5.17. The van der Waals surface area contributed by atoms with Gasteiger partial charge in [-0.2, -0.15) is 0 Å². The number of aliphatic hydroxyl groups is 1. The third-order valence-electron chi connectivity index (χ3n) is 4.34. The number of aliphatic hydroxyl groups excluding tert-OH is 1. The number of hydrogen-bond acceptors (Lipinski definition) is 4. The van der Waals surface area contributed by atoms with Gasteiger partial charge in [0.1, 0.15) is 5.82 Å². The highest BCUT2D eigenvalue weighted by Gasteiger charge is 2.31. The Morgan fingerprint density at radius 3 is 2.57 bits per heavy atom. The lowest BCUT2D eigenvalue weighted by Crippen LogP contribution is -2.41. The summed E-state index contributed by atoms with van der Waals surface area (Å²) in [7, 11) is 3.83. The zero-order valence-electron chi connectivity index (χ0n) is 12.9. The van der Waals surface area contributed by atoms with E-state index in [4.69, 9.17) is 0 Å². The van der Waals surface area contributed by atoms with Crippen molar-refractivity contribution in [3.63, 3.8) is 0 Å². The normalized spacial score (nSPS) is 17.3. The van der Waals surface area contributed by atoms with Gasteiger partial charge in [-0.25, -0.2) is 4.98 Å². The summed E-state index contributed by atoms with van der Waals surface area (Å²) in [6.07, 6.45) is 7.07. The summed E-state index contributed by atoms with van der Waals surface area (Å²) >= 11 is 0. The highest BCUT2D eigenvalue weighted by atomic mass is 16.3. The monoisotopic (exact) mass is 291 g/mol. The van der Waals surface area contributed by atoms with E-state index < -0.39 is 0 Å². The van der Waals surface area contributed by atoms with Gasteiger partial charge in [0.2, 0.25) is 0 Å². The Labute approximate surface area is 126 Å². The molecule has 0 radical (unpaired) electrons. The molecule has 1 saturated carbocycles. The molecule has 0 aromatic carbocycles. The molecule has 0 bridgehead atoms. The van der Waals surface area contributed by atoms with Crippen LogP contribution < -0.4 is 10.2 Å². The minimum absolute atomic E-state index is 0.119. The maximum Gasteiger partial charge on any atom is 0.252 e. The first-order valence-corrected chi connectivity index (χ1v) is 7.59. The molecule has 0 aliphatic heterocycles. The lowest BCUT2D eigenvalue weighted by Gasteiger charge is -2.35. The molecule has 5 nitrogen and oxygen atoms in total. The fraction of sp³-hybridized carbons (Fsp3) is 0.625. The average molecular weight is 291 g/mol. The fourth-order valence-corrected chi connectivity index (χ4v) is 2.85. The quantitative estimate of drug-likeness (QED) is 0.868. The molecule has 1 aromatic rings. The molecule has 0 spiro atoms. The predicted octanol–water partition coefficient (Wildman–Crippen LogP) is 1.82. The Balaban J connectivity index is 1.94. The number of hydrogen-bond donors (Lipinski definition) is 2. The summed E-state index contributed by atoms with van der Waals surface area (Å²) in [4.78, 5) is 18.3. The molecular weight excluding hydrogens is 266 g/mol. The molecule has 1 aliphatic carbocycles. The summed E-state index contributed by atoms with van der Waals surface area (Å²) in [5.74, 6) is 0.705. The molecule has 1 amide bonds. The van der Waals surface area contributed by atoms with E-state index in [0.717, 1.165) is 31.5 Å². The van der Waals surface area contributed by atoms with E-state index in [2.05, 4.69) is 10.3 Å². The maximum absolute atomic E-state index is 12.2. The first kappa shape index (κ1) is 15.8. The number of nitrogens with one attached hydrogen (secondary N) is 1. The number of pyridine rings is 1. The van der Waals surface area contributed by atoms with Gasteiger partial charge in [-0.05, 0) is 25.0 Å². The minimum Gasteiger partial charge on any atom is -0.396 e. The van der Waals surface area contributed by atoms with Crippen LogP contribution in [0, 0.1) is 5.41 Å². The molecule has 1 aromatic heterocycles. The van der Waals surface area contributed by atoms with E-state index in [-0.39, 0.29) is 17.9 Å². The van der Waals surface area contributed by atoms with Crippen LogP contribution in [0.4, 0.5) is 5.82 Å². The van der Waals surface area contributed by atoms with E-state index in [0.29, 0.717) is 12.1 Å². The van der Waals surface area contributed by atoms with Gasteiger partial charge in [-0.3, -0.25) is 4.79 Å². The Bertz CT molecular complexity index is 465. The molecule has 21 heavy (non-hydrogen) atoms. The van der Waals surface area contributed by atoms with Gasteiger partial charge in [0.25, 0.3) is 5.91 Å². The number of rotatable bonds is 5. The SMILES string of the molecule is CN(C)c1ccc(C(=O)NCC2(CO)CCCCC2)cn1. The number of carbonyl (C=O) groups excluding carboxylic acids is 1. The Hall–Kier alpha value is -1.62. The second-order valence-corrected chi connectivity index (χ2v) is 6.20. The average Bonchev–Trinajstić information content (AvgIpc) is 2.53. The molecule has 2 rings (SSSR count). The summed E-state index contributed by atoms with van der Waals surface area (Å²) in [6.45, 7) is 0.683. The number of nitrogens with zero attached hydrogens (tertiary/aromatic N) is 2. The lowest BCUT2D eigenvalue weighted by molar-refractivity contribution is 0.0718. The number of carbonyl (C=O) groups is 1. The molecule has 116 valence electrons. The number of amides is 1. The van der Waals surface area contributed by atoms with Crippen LogP contribution in [0.1, 0.15) is 42.5 Å². The van der Waals surface area contributed by atoms with Crippen LogP contribution in [0.25, 0.3) is 0 Å². The molecule has 0 unspecified atom stereocenters. The summed E-state index contributed by atoms with van der Waals surface area (Å²) in [5.41, 5.74) is 0.426. The first-order chi connectivity index (χ1) is 10.1. The second kappa shape index (κ2) is 6.89. The number of anilines is 1. The van der Waals surface area contributed by atoms with Gasteiger partial charge in [0.15, 0.2) is 0 Å². The molecule has 0 atom stereocenters. The van der Waals surface area contributed by atoms with Crippen LogP contribution in [0.5, 0.6) is 0 Å². The lowest BCUT2D eigenvalue weighted by atomic mass is 9.74. The Morgan fingerprint density at radius 2 is 2.05 bits per heavy atom. The molecular formula is C16H25N3O2. The van der Waals surface area contributed by atoms with Crippen molar-refractivity contribution in [1.82, 2.24) is 10.3 Å². The highest BCUT2D eigenvalue weighted by Crippen LogP contribution is 2.35. The summed E-state index contributed by atoms with van der Waals surface area (Å²) in [5, 5.41) is 12.6. The van der Waals surface area contributed by atoms with Gasteiger partial charge in [-0.15, -0.1) is 0 Å². The van der Waals surface area contributed by atoms with Crippen LogP contribution in [0.2, 0.25) is 0 Å². The zero-order chi connectivity index (χ0) is 15.3. The van der Waals surface area contributed by atoms with E-state index in [1.54, 1.807) is 12.3 Å². The molecule has 1 fully saturated rings. The maximum atomic E-state index is 12.2. The van der Waals surface area contributed by atoms with Crippen LogP contribution in [0.3, 0.4) is 0 Å². The fourth-order valence-electron chi connectivity index (χ4n) is 2.85.